The van der Waals surface area contributed by atoms with E-state index < -0.39 is 5.54 Å². The van der Waals surface area contributed by atoms with E-state index in [1.807, 2.05) is 0 Å². The predicted molar refractivity (Wildman–Crippen MR) is 119 cm³/mol. The van der Waals surface area contributed by atoms with E-state index in [0.29, 0.717) is 22.1 Å². The number of benzene rings is 1. The largest absolute Gasteiger partial charge is 0.379 e. The van der Waals surface area contributed by atoms with Crippen molar-refractivity contribution >= 4 is 44.5 Å². The van der Waals surface area contributed by atoms with Crippen LogP contribution in [0.4, 0.5) is 10.1 Å². The van der Waals surface area contributed by atoms with Crippen LogP contribution in [-0.2, 0) is 5.54 Å². The number of nitrogens with two attached hydrogens (primary N) is 1. The standard InChI is InChI=1S/C21H22BrFN4OS/c22-14-5-8-18(25-11-14)19(28)26-15-6-7-17(23)16(10-15)21-9-3-1-2-4-13(21)12-29-20(24)27-21/h5-8,10-11,13H,1-4,9,12H2,(H2,24,27)(H,26,28)/t13-,21-/m0/s1. The summed E-state index contributed by atoms with van der Waals surface area (Å²) in [5.74, 6) is 0.428. The zero-order valence-corrected chi connectivity index (χ0v) is 18.2. The maximum absolute atomic E-state index is 15.0. The van der Waals surface area contributed by atoms with Gasteiger partial charge in [0.1, 0.15) is 11.5 Å². The molecule has 1 saturated carbocycles. The molecule has 1 amide bonds. The molecule has 1 aliphatic carbocycles. The average Bonchev–Trinajstić information content (AvgIpc) is 2.92. The number of rotatable bonds is 3. The quantitative estimate of drug-likeness (QED) is 0.647. The Morgan fingerprint density at radius 3 is 2.93 bits per heavy atom. The fraction of sp³-hybridized carbons (Fsp3) is 0.381. The van der Waals surface area contributed by atoms with E-state index in [1.54, 1.807) is 42.2 Å². The van der Waals surface area contributed by atoms with Crippen LogP contribution in [0.5, 0.6) is 0 Å². The highest BCUT2D eigenvalue weighted by molar-refractivity contribution is 9.10. The lowest BCUT2D eigenvalue weighted by molar-refractivity contribution is 0.102. The molecule has 29 heavy (non-hydrogen) atoms. The van der Waals surface area contributed by atoms with Crippen LogP contribution in [0.1, 0.15) is 48.2 Å². The summed E-state index contributed by atoms with van der Waals surface area (Å²) >= 11 is 4.85. The van der Waals surface area contributed by atoms with Crippen LogP contribution in [0, 0.1) is 11.7 Å². The van der Waals surface area contributed by atoms with Gasteiger partial charge >= 0.3 is 0 Å². The molecule has 5 nitrogen and oxygen atoms in total. The van der Waals surface area contributed by atoms with Crippen molar-refractivity contribution in [2.24, 2.45) is 16.6 Å². The maximum Gasteiger partial charge on any atom is 0.274 e. The molecule has 1 aromatic carbocycles. The smallest absolute Gasteiger partial charge is 0.274 e. The SMILES string of the molecule is NC1=N[C@@]2(c3cc(NC(=O)c4ccc(Br)cn4)ccc3F)CCCCC[C@H]2CS1. The van der Waals surface area contributed by atoms with Gasteiger partial charge in [-0.3, -0.25) is 9.79 Å². The monoisotopic (exact) mass is 476 g/mol. The number of nitrogens with one attached hydrogen (secondary N) is 1. The highest BCUT2D eigenvalue weighted by atomic mass is 79.9. The van der Waals surface area contributed by atoms with Gasteiger partial charge in [-0.1, -0.05) is 31.0 Å². The molecule has 2 atom stereocenters. The van der Waals surface area contributed by atoms with Gasteiger partial charge in [0.15, 0.2) is 5.17 Å². The number of carbonyl (C=O) groups excluding carboxylic acids is 1. The second kappa shape index (κ2) is 8.44. The van der Waals surface area contributed by atoms with E-state index in [2.05, 4.69) is 26.2 Å². The van der Waals surface area contributed by atoms with E-state index in [9.17, 15) is 4.79 Å². The number of amidine groups is 1. The molecule has 0 radical (unpaired) electrons. The van der Waals surface area contributed by atoms with Gasteiger partial charge in [-0.15, -0.1) is 0 Å². The number of thioether (sulfide) groups is 1. The zero-order chi connectivity index (χ0) is 20.4. The highest BCUT2D eigenvalue weighted by Gasteiger charge is 2.45. The van der Waals surface area contributed by atoms with Gasteiger partial charge < -0.3 is 11.1 Å². The van der Waals surface area contributed by atoms with Crippen molar-refractivity contribution in [1.29, 1.82) is 0 Å². The van der Waals surface area contributed by atoms with Crippen molar-refractivity contribution in [2.45, 2.75) is 37.6 Å². The number of hydrogen-bond acceptors (Lipinski definition) is 5. The second-order valence-corrected chi connectivity index (χ2v) is 9.45. The van der Waals surface area contributed by atoms with Crippen molar-refractivity contribution in [2.75, 3.05) is 11.1 Å². The number of halogens is 2. The predicted octanol–water partition coefficient (Wildman–Crippen LogP) is 5.07. The second-order valence-electron chi connectivity index (χ2n) is 7.49. The van der Waals surface area contributed by atoms with Crippen LogP contribution in [0.2, 0.25) is 0 Å². The Kier molecular flexibility index (Phi) is 5.92. The normalized spacial score (nSPS) is 24.2. The van der Waals surface area contributed by atoms with Crippen molar-refractivity contribution in [3.05, 3.63) is 58.1 Å². The molecule has 0 saturated heterocycles. The minimum atomic E-state index is -0.660. The number of nitrogens with zero attached hydrogens (tertiary/aromatic N) is 2. The molecule has 2 aromatic rings. The van der Waals surface area contributed by atoms with E-state index in [0.717, 1.165) is 42.3 Å². The van der Waals surface area contributed by atoms with Gasteiger partial charge in [-0.2, -0.15) is 0 Å². The Morgan fingerprint density at radius 2 is 2.14 bits per heavy atom. The maximum atomic E-state index is 15.0. The van der Waals surface area contributed by atoms with Crippen LogP contribution in [-0.4, -0.2) is 21.8 Å². The third kappa shape index (κ3) is 4.19. The van der Waals surface area contributed by atoms with E-state index in [-0.39, 0.29) is 17.6 Å². The van der Waals surface area contributed by atoms with Gasteiger partial charge in [0.25, 0.3) is 5.91 Å². The van der Waals surface area contributed by atoms with Crippen LogP contribution in [0.25, 0.3) is 0 Å². The molecule has 1 aliphatic heterocycles. The minimum Gasteiger partial charge on any atom is -0.379 e. The molecular formula is C21H22BrFN4OS. The summed E-state index contributed by atoms with van der Waals surface area (Å²) in [4.78, 5) is 21.5. The lowest BCUT2D eigenvalue weighted by Crippen LogP contribution is -2.40. The Morgan fingerprint density at radius 1 is 1.28 bits per heavy atom. The number of aromatic nitrogens is 1. The first-order valence-corrected chi connectivity index (χ1v) is 11.5. The number of anilines is 1. The molecule has 1 fully saturated rings. The first-order valence-electron chi connectivity index (χ1n) is 9.69. The van der Waals surface area contributed by atoms with Crippen molar-refractivity contribution in [3.63, 3.8) is 0 Å². The number of hydrogen-bond donors (Lipinski definition) is 2. The molecule has 0 unspecified atom stereocenters. The van der Waals surface area contributed by atoms with Crippen molar-refractivity contribution in [1.82, 2.24) is 4.98 Å². The third-order valence-electron chi connectivity index (χ3n) is 5.68. The Bertz CT molecular complexity index is 952. The summed E-state index contributed by atoms with van der Waals surface area (Å²) < 4.78 is 15.8. The summed E-state index contributed by atoms with van der Waals surface area (Å²) in [6, 6.07) is 8.08. The van der Waals surface area contributed by atoms with Crippen molar-refractivity contribution < 1.29 is 9.18 Å². The fourth-order valence-electron chi connectivity index (χ4n) is 4.24. The Labute approximate surface area is 181 Å². The molecule has 4 rings (SSSR count). The van der Waals surface area contributed by atoms with E-state index in [1.165, 1.54) is 6.07 Å². The average molecular weight is 477 g/mol. The molecule has 0 bridgehead atoms. The summed E-state index contributed by atoms with van der Waals surface area (Å²) in [6.07, 6.45) is 6.56. The zero-order valence-electron chi connectivity index (χ0n) is 15.8. The Hall–Kier alpha value is -1.93. The summed E-state index contributed by atoms with van der Waals surface area (Å²) in [5, 5.41) is 3.35. The molecule has 152 valence electrons. The van der Waals surface area contributed by atoms with Crippen LogP contribution in [0.3, 0.4) is 0 Å². The van der Waals surface area contributed by atoms with Crippen LogP contribution < -0.4 is 11.1 Å². The fourth-order valence-corrected chi connectivity index (χ4v) is 5.52. The number of aliphatic imine (C=N–C) groups is 1. The number of pyridine rings is 1. The topological polar surface area (TPSA) is 80.4 Å². The molecule has 8 heteroatoms. The van der Waals surface area contributed by atoms with Gasteiger partial charge in [0, 0.05) is 27.7 Å². The van der Waals surface area contributed by atoms with Gasteiger partial charge in [-0.25, -0.2) is 9.37 Å². The molecule has 2 heterocycles. The lowest BCUT2D eigenvalue weighted by atomic mass is 9.75. The van der Waals surface area contributed by atoms with Gasteiger partial charge in [-0.05, 0) is 65.0 Å². The van der Waals surface area contributed by atoms with Crippen LogP contribution >= 0.6 is 27.7 Å². The molecule has 2 aliphatic rings. The van der Waals surface area contributed by atoms with Crippen molar-refractivity contribution in [3.8, 4) is 0 Å². The summed E-state index contributed by atoms with van der Waals surface area (Å²) in [5.41, 5.74) is 6.76. The van der Waals surface area contributed by atoms with Gasteiger partial charge in [0.05, 0.1) is 5.54 Å². The molecule has 1 aromatic heterocycles. The number of fused-ring (bicyclic) bond motifs is 1. The Balaban J connectivity index is 1.69. The number of amides is 1. The number of carbonyl (C=O) groups is 1. The summed E-state index contributed by atoms with van der Waals surface area (Å²) in [7, 11) is 0. The highest BCUT2D eigenvalue weighted by Crippen LogP contribution is 2.49. The third-order valence-corrected chi connectivity index (χ3v) is 7.10. The first-order chi connectivity index (χ1) is 14.0. The van der Waals surface area contributed by atoms with Crippen LogP contribution in [0.15, 0.2) is 46.0 Å². The van der Waals surface area contributed by atoms with Gasteiger partial charge in [0.2, 0.25) is 0 Å². The summed E-state index contributed by atoms with van der Waals surface area (Å²) in [6.45, 7) is 0. The lowest BCUT2D eigenvalue weighted by Gasteiger charge is -2.40. The molecule has 3 N–H and O–H groups in total. The minimum absolute atomic E-state index is 0.232. The van der Waals surface area contributed by atoms with E-state index in [4.69, 9.17) is 10.7 Å². The van der Waals surface area contributed by atoms with E-state index >= 15 is 4.39 Å². The molecule has 0 spiro atoms. The first kappa shape index (κ1) is 20.3. The molecular weight excluding hydrogens is 455 g/mol.